The molecule has 0 N–H and O–H groups in total. The van der Waals surface area contributed by atoms with Crippen molar-refractivity contribution in [2.75, 3.05) is 0 Å². The van der Waals surface area contributed by atoms with Gasteiger partial charge >= 0.3 is 0 Å². The third-order valence-electron chi connectivity index (χ3n) is 3.70. The Kier molecular flexibility index (Phi) is 3.00. The maximum absolute atomic E-state index is 13.1. The molecule has 2 heteroatoms. The largest absolute Gasteiger partial charge is 0.207 e. The molecule has 0 aliphatic heterocycles. The molecular weight excluding hydrogens is 206 g/mol. The predicted molar refractivity (Wildman–Crippen MR) is 61.3 cm³/mol. The fraction of sp³-hybridized carbons (Fsp3) is 0.571. The average Bonchev–Trinajstić information content (AvgIpc) is 2.15. The van der Waals surface area contributed by atoms with Gasteiger partial charge in [-0.05, 0) is 54.7 Å². The lowest BCUT2D eigenvalue weighted by Crippen LogP contribution is -2.20. The van der Waals surface area contributed by atoms with Crippen LogP contribution >= 0.6 is 0 Å². The standard InChI is InChI=1S/C14H18F2/c1-14(2)5-3-10(4-6-14)11-7-12(15)9-13(16)8-11/h7-10H,3-6H2,1-2H3. The molecule has 1 aliphatic carbocycles. The molecule has 1 aromatic rings. The first kappa shape index (κ1) is 11.6. The second-order valence-corrected chi connectivity index (χ2v) is 5.64. The Hall–Kier alpha value is -0.920. The fourth-order valence-electron chi connectivity index (χ4n) is 2.54. The van der Waals surface area contributed by atoms with Gasteiger partial charge in [0.15, 0.2) is 0 Å². The van der Waals surface area contributed by atoms with Crippen LogP contribution in [0.4, 0.5) is 8.78 Å². The average molecular weight is 224 g/mol. The Balaban J connectivity index is 2.14. The molecule has 0 radical (unpaired) electrons. The Labute approximate surface area is 95.7 Å². The molecule has 1 saturated carbocycles. The second-order valence-electron chi connectivity index (χ2n) is 5.64. The van der Waals surface area contributed by atoms with E-state index in [1.165, 1.54) is 12.1 Å². The van der Waals surface area contributed by atoms with Gasteiger partial charge in [-0.2, -0.15) is 0 Å². The zero-order chi connectivity index (χ0) is 11.8. The van der Waals surface area contributed by atoms with Crippen LogP contribution in [0.25, 0.3) is 0 Å². The van der Waals surface area contributed by atoms with Crippen LogP contribution in [0.5, 0.6) is 0 Å². The lowest BCUT2D eigenvalue weighted by molar-refractivity contribution is 0.224. The minimum Gasteiger partial charge on any atom is -0.207 e. The van der Waals surface area contributed by atoms with Crippen molar-refractivity contribution in [3.05, 3.63) is 35.4 Å². The van der Waals surface area contributed by atoms with E-state index in [9.17, 15) is 8.78 Å². The van der Waals surface area contributed by atoms with E-state index in [2.05, 4.69) is 13.8 Å². The van der Waals surface area contributed by atoms with Gasteiger partial charge in [-0.1, -0.05) is 13.8 Å². The molecule has 0 saturated heterocycles. The molecule has 0 aromatic heterocycles. The van der Waals surface area contributed by atoms with Crippen molar-refractivity contribution in [3.63, 3.8) is 0 Å². The molecule has 88 valence electrons. The molecule has 0 unspecified atom stereocenters. The predicted octanol–water partition coefficient (Wildman–Crippen LogP) is 4.65. The van der Waals surface area contributed by atoms with E-state index in [0.29, 0.717) is 11.3 Å². The van der Waals surface area contributed by atoms with Gasteiger partial charge in [-0.3, -0.25) is 0 Å². The zero-order valence-electron chi connectivity index (χ0n) is 9.89. The normalized spacial score (nSPS) is 21.0. The number of halogens is 2. The minimum absolute atomic E-state index is 0.332. The summed E-state index contributed by atoms with van der Waals surface area (Å²) in [5, 5.41) is 0. The summed E-state index contributed by atoms with van der Waals surface area (Å²) in [6, 6.07) is 3.90. The Morgan fingerprint density at radius 1 is 1.00 bits per heavy atom. The van der Waals surface area contributed by atoms with E-state index in [1.54, 1.807) is 0 Å². The molecule has 0 bridgehead atoms. The summed E-state index contributed by atoms with van der Waals surface area (Å²) >= 11 is 0. The Bertz CT molecular complexity index is 352. The van der Waals surface area contributed by atoms with Crippen molar-refractivity contribution in [2.24, 2.45) is 5.41 Å². The molecule has 1 aromatic carbocycles. The third-order valence-corrected chi connectivity index (χ3v) is 3.70. The number of hydrogen-bond donors (Lipinski definition) is 0. The van der Waals surface area contributed by atoms with Crippen LogP contribution in [0.2, 0.25) is 0 Å². The van der Waals surface area contributed by atoms with Crippen LogP contribution in [-0.4, -0.2) is 0 Å². The van der Waals surface area contributed by atoms with E-state index in [1.807, 2.05) is 0 Å². The highest BCUT2D eigenvalue weighted by Crippen LogP contribution is 2.42. The van der Waals surface area contributed by atoms with Crippen LogP contribution in [0, 0.1) is 17.0 Å². The summed E-state index contributed by atoms with van der Waals surface area (Å²) in [4.78, 5) is 0. The van der Waals surface area contributed by atoms with E-state index in [-0.39, 0.29) is 0 Å². The van der Waals surface area contributed by atoms with Gasteiger partial charge in [-0.25, -0.2) is 8.78 Å². The first-order valence-electron chi connectivity index (χ1n) is 5.92. The lowest BCUT2D eigenvalue weighted by atomic mass is 9.71. The first-order valence-corrected chi connectivity index (χ1v) is 5.92. The molecule has 2 rings (SSSR count). The van der Waals surface area contributed by atoms with Crippen LogP contribution in [0.3, 0.4) is 0 Å². The van der Waals surface area contributed by atoms with Crippen molar-refractivity contribution in [2.45, 2.75) is 45.4 Å². The van der Waals surface area contributed by atoms with Crippen LogP contribution in [0.15, 0.2) is 18.2 Å². The molecule has 0 spiro atoms. The van der Waals surface area contributed by atoms with E-state index in [0.717, 1.165) is 37.3 Å². The quantitative estimate of drug-likeness (QED) is 0.651. The van der Waals surface area contributed by atoms with E-state index in [4.69, 9.17) is 0 Å². The maximum Gasteiger partial charge on any atom is 0.126 e. The monoisotopic (exact) mass is 224 g/mol. The third kappa shape index (κ3) is 2.60. The number of benzene rings is 1. The molecule has 1 fully saturated rings. The second kappa shape index (κ2) is 4.15. The Morgan fingerprint density at radius 3 is 2.00 bits per heavy atom. The number of rotatable bonds is 1. The van der Waals surface area contributed by atoms with Crippen molar-refractivity contribution < 1.29 is 8.78 Å². The van der Waals surface area contributed by atoms with Gasteiger partial charge in [0.2, 0.25) is 0 Å². The SMILES string of the molecule is CC1(C)CCC(c2cc(F)cc(F)c2)CC1. The van der Waals surface area contributed by atoms with Gasteiger partial charge in [0.25, 0.3) is 0 Å². The maximum atomic E-state index is 13.1. The van der Waals surface area contributed by atoms with Gasteiger partial charge in [0.05, 0.1) is 0 Å². The molecule has 1 aliphatic rings. The van der Waals surface area contributed by atoms with Crippen molar-refractivity contribution in [3.8, 4) is 0 Å². The molecular formula is C14H18F2. The molecule has 0 atom stereocenters. The van der Waals surface area contributed by atoms with E-state index < -0.39 is 11.6 Å². The lowest BCUT2D eigenvalue weighted by Gasteiger charge is -2.34. The van der Waals surface area contributed by atoms with Crippen molar-refractivity contribution >= 4 is 0 Å². The van der Waals surface area contributed by atoms with E-state index >= 15 is 0 Å². The summed E-state index contributed by atoms with van der Waals surface area (Å²) in [7, 11) is 0. The topological polar surface area (TPSA) is 0 Å². The van der Waals surface area contributed by atoms with Crippen LogP contribution in [0.1, 0.15) is 51.0 Å². The summed E-state index contributed by atoms with van der Waals surface area (Å²) in [5.41, 5.74) is 1.22. The molecule has 0 amide bonds. The van der Waals surface area contributed by atoms with Crippen LogP contribution in [-0.2, 0) is 0 Å². The highest BCUT2D eigenvalue weighted by Gasteiger charge is 2.27. The minimum atomic E-state index is -0.458. The van der Waals surface area contributed by atoms with Crippen LogP contribution < -0.4 is 0 Å². The molecule has 0 heterocycles. The summed E-state index contributed by atoms with van der Waals surface area (Å²) in [5.74, 6) is -0.585. The van der Waals surface area contributed by atoms with Crippen molar-refractivity contribution in [1.29, 1.82) is 0 Å². The molecule has 16 heavy (non-hydrogen) atoms. The summed E-state index contributed by atoms with van der Waals surface area (Å²) in [6.45, 7) is 4.52. The highest BCUT2D eigenvalue weighted by atomic mass is 19.1. The zero-order valence-corrected chi connectivity index (χ0v) is 9.89. The van der Waals surface area contributed by atoms with Crippen molar-refractivity contribution in [1.82, 2.24) is 0 Å². The summed E-state index contributed by atoms with van der Waals surface area (Å²) in [6.07, 6.45) is 4.34. The smallest absolute Gasteiger partial charge is 0.126 e. The Morgan fingerprint density at radius 2 is 1.50 bits per heavy atom. The first-order chi connectivity index (χ1) is 7.46. The fourth-order valence-corrected chi connectivity index (χ4v) is 2.54. The van der Waals surface area contributed by atoms with Gasteiger partial charge in [-0.15, -0.1) is 0 Å². The summed E-state index contributed by atoms with van der Waals surface area (Å²) < 4.78 is 26.2. The highest BCUT2D eigenvalue weighted by molar-refractivity contribution is 5.22. The van der Waals surface area contributed by atoms with Gasteiger partial charge in [0.1, 0.15) is 11.6 Å². The number of hydrogen-bond acceptors (Lipinski definition) is 0. The van der Waals surface area contributed by atoms with Gasteiger partial charge in [0, 0.05) is 6.07 Å². The van der Waals surface area contributed by atoms with Gasteiger partial charge < -0.3 is 0 Å². The molecule has 0 nitrogen and oxygen atoms in total.